The molecule has 2 aromatic carbocycles. The molecule has 2 bridgehead atoms. The van der Waals surface area contributed by atoms with Crippen molar-refractivity contribution in [3.63, 3.8) is 0 Å². The minimum atomic E-state index is 0.0155. The van der Waals surface area contributed by atoms with Crippen LogP contribution in [-0.2, 0) is 6.61 Å². The summed E-state index contributed by atoms with van der Waals surface area (Å²) in [5, 5.41) is 3.35. The summed E-state index contributed by atoms with van der Waals surface area (Å²) in [7, 11) is 0. The molecule has 3 atom stereocenters. The Balaban J connectivity index is 1.25. The largest absolute Gasteiger partial charge is 0.487 e. The molecule has 33 heavy (non-hydrogen) atoms. The zero-order chi connectivity index (χ0) is 22.2. The average Bonchev–Trinajstić information content (AvgIpc) is 3.58. The lowest BCUT2D eigenvalue weighted by Crippen LogP contribution is -2.49. The summed E-state index contributed by atoms with van der Waals surface area (Å²) in [6.45, 7) is 0.506. The van der Waals surface area contributed by atoms with E-state index in [2.05, 4.69) is 27.3 Å². The first kappa shape index (κ1) is 20.6. The predicted molar refractivity (Wildman–Crippen MR) is 128 cm³/mol. The van der Waals surface area contributed by atoms with Gasteiger partial charge in [0, 0.05) is 12.1 Å². The smallest absolute Gasteiger partial charge is 0.318 e. The number of carbonyl (C=O) groups is 1. The maximum absolute atomic E-state index is 13.4. The zero-order valence-corrected chi connectivity index (χ0v) is 19.0. The summed E-state index contributed by atoms with van der Waals surface area (Å²) in [5.41, 5.74) is 2.94. The summed E-state index contributed by atoms with van der Waals surface area (Å²) in [4.78, 5) is 24.0. The lowest BCUT2D eigenvalue weighted by atomic mass is 9.95. The van der Waals surface area contributed by atoms with E-state index in [0.717, 1.165) is 60.3 Å². The van der Waals surface area contributed by atoms with E-state index in [0.29, 0.717) is 24.6 Å². The van der Waals surface area contributed by atoms with Crippen LogP contribution in [-0.4, -0.2) is 33.0 Å². The number of ether oxygens (including phenoxy) is 1. The van der Waals surface area contributed by atoms with Crippen molar-refractivity contribution in [2.45, 2.75) is 76.1 Å². The molecule has 2 amide bonds. The second-order valence-electron chi connectivity index (χ2n) is 9.91. The number of amides is 2. The highest BCUT2D eigenvalue weighted by Gasteiger charge is 2.50. The number of aromatic nitrogens is 2. The fourth-order valence-electron chi connectivity index (χ4n) is 6.15. The lowest BCUT2D eigenvalue weighted by molar-refractivity contribution is 0.137. The van der Waals surface area contributed by atoms with Crippen LogP contribution >= 0.6 is 0 Å². The summed E-state index contributed by atoms with van der Waals surface area (Å²) in [6, 6.07) is 17.0. The molecule has 3 aliphatic rings. The van der Waals surface area contributed by atoms with Gasteiger partial charge in [0.15, 0.2) is 0 Å². The number of rotatable bonds is 5. The molecule has 1 saturated heterocycles. The molecule has 0 spiro atoms. The van der Waals surface area contributed by atoms with Gasteiger partial charge in [-0.15, -0.1) is 0 Å². The molecule has 0 radical (unpaired) electrons. The van der Waals surface area contributed by atoms with E-state index in [9.17, 15) is 4.79 Å². The number of piperidine rings is 1. The number of H-pyrrole nitrogens is 1. The molecule has 3 aromatic rings. The Labute approximate surface area is 194 Å². The van der Waals surface area contributed by atoms with E-state index in [-0.39, 0.29) is 12.1 Å². The molecule has 172 valence electrons. The number of fused-ring (bicyclic) bond motifs is 3. The maximum atomic E-state index is 13.4. The van der Waals surface area contributed by atoms with Gasteiger partial charge in [0.1, 0.15) is 23.7 Å². The number of carbonyl (C=O) groups excluding carboxylic acids is 1. The molecule has 2 N–H and O–H groups in total. The first-order valence-corrected chi connectivity index (χ1v) is 12.5. The number of imidazole rings is 1. The minimum absolute atomic E-state index is 0.0155. The van der Waals surface area contributed by atoms with E-state index in [4.69, 9.17) is 9.72 Å². The molecule has 1 aromatic heterocycles. The first-order chi connectivity index (χ1) is 16.3. The van der Waals surface area contributed by atoms with Gasteiger partial charge < -0.3 is 19.9 Å². The second-order valence-corrected chi connectivity index (χ2v) is 9.91. The third kappa shape index (κ3) is 3.96. The standard InChI is InChI=1S/C27H32N4O2/c32-27(28-20-10-5-2-6-11-20)31-21-15-14-19(16-21)25(31)26-29-22-12-7-13-23(24(22)30-26)33-17-18-8-3-1-4-9-18/h1,3-4,7-9,12-13,19-21,25H,2,5-6,10-11,14-17H2,(H,28,32)(H,29,30)/t19-,21+,25-/m0/s1. The Kier molecular flexibility index (Phi) is 5.44. The minimum Gasteiger partial charge on any atom is -0.487 e. The van der Waals surface area contributed by atoms with Gasteiger partial charge in [-0.3, -0.25) is 0 Å². The molecule has 6 nitrogen and oxygen atoms in total. The quantitative estimate of drug-likeness (QED) is 0.530. The number of hydrogen-bond acceptors (Lipinski definition) is 3. The Morgan fingerprint density at radius 2 is 1.88 bits per heavy atom. The van der Waals surface area contributed by atoms with Gasteiger partial charge in [0.25, 0.3) is 0 Å². The predicted octanol–water partition coefficient (Wildman–Crippen LogP) is 5.71. The van der Waals surface area contributed by atoms with Crippen molar-refractivity contribution in [2.24, 2.45) is 5.92 Å². The fraction of sp³-hybridized carbons (Fsp3) is 0.481. The van der Waals surface area contributed by atoms with E-state index in [1.165, 1.54) is 19.3 Å². The van der Waals surface area contributed by atoms with E-state index >= 15 is 0 Å². The van der Waals surface area contributed by atoms with Crippen LogP contribution in [0, 0.1) is 5.92 Å². The molecule has 2 saturated carbocycles. The van der Waals surface area contributed by atoms with Gasteiger partial charge in [-0.05, 0) is 55.7 Å². The average molecular weight is 445 g/mol. The highest BCUT2D eigenvalue weighted by molar-refractivity contribution is 5.82. The third-order valence-corrected chi connectivity index (χ3v) is 7.76. The normalized spacial score (nSPS) is 25.0. The number of aromatic amines is 1. The molecule has 6 rings (SSSR count). The van der Waals surface area contributed by atoms with Crippen molar-refractivity contribution in [1.82, 2.24) is 20.2 Å². The highest BCUT2D eigenvalue weighted by atomic mass is 16.5. The van der Waals surface area contributed by atoms with Crippen LogP contribution in [0.4, 0.5) is 4.79 Å². The number of nitrogens with one attached hydrogen (secondary N) is 2. The van der Waals surface area contributed by atoms with Crippen LogP contribution in [0.3, 0.4) is 0 Å². The van der Waals surface area contributed by atoms with Crippen LogP contribution in [0.15, 0.2) is 48.5 Å². The van der Waals surface area contributed by atoms with E-state index < -0.39 is 0 Å². The summed E-state index contributed by atoms with van der Waals surface area (Å²) >= 11 is 0. The molecule has 2 heterocycles. The number of para-hydroxylation sites is 1. The van der Waals surface area contributed by atoms with Gasteiger partial charge in [-0.2, -0.15) is 0 Å². The van der Waals surface area contributed by atoms with Crippen LogP contribution in [0.1, 0.15) is 68.8 Å². The molecular formula is C27H32N4O2. The van der Waals surface area contributed by atoms with Crippen molar-refractivity contribution in [1.29, 1.82) is 0 Å². The fourth-order valence-corrected chi connectivity index (χ4v) is 6.15. The SMILES string of the molecule is O=C(NC1CCCCC1)N1[C@@H]2CC[C@@H](C2)[C@H]1c1nc2c(OCc3ccccc3)cccc2[nH]1. The van der Waals surface area contributed by atoms with Crippen molar-refractivity contribution in [3.05, 3.63) is 59.9 Å². The Bertz CT molecular complexity index is 1120. The first-order valence-electron chi connectivity index (χ1n) is 12.5. The number of likely N-dealkylation sites (tertiary alicyclic amines) is 1. The Morgan fingerprint density at radius 3 is 2.73 bits per heavy atom. The van der Waals surface area contributed by atoms with Crippen LogP contribution in [0.25, 0.3) is 11.0 Å². The van der Waals surface area contributed by atoms with Gasteiger partial charge in [-0.25, -0.2) is 9.78 Å². The maximum Gasteiger partial charge on any atom is 0.318 e. The van der Waals surface area contributed by atoms with Gasteiger partial charge in [-0.1, -0.05) is 55.7 Å². The molecular weight excluding hydrogens is 412 g/mol. The molecule has 6 heteroatoms. The van der Waals surface area contributed by atoms with Gasteiger partial charge >= 0.3 is 6.03 Å². The van der Waals surface area contributed by atoms with E-state index in [1.54, 1.807) is 0 Å². The monoisotopic (exact) mass is 444 g/mol. The number of urea groups is 1. The Morgan fingerprint density at radius 1 is 1.03 bits per heavy atom. The number of benzene rings is 2. The van der Waals surface area contributed by atoms with Crippen LogP contribution in [0.5, 0.6) is 5.75 Å². The van der Waals surface area contributed by atoms with Gasteiger partial charge in [0.05, 0.1) is 11.6 Å². The van der Waals surface area contributed by atoms with Crippen molar-refractivity contribution in [2.75, 3.05) is 0 Å². The molecule has 0 unspecified atom stereocenters. The second kappa shape index (κ2) is 8.73. The van der Waals surface area contributed by atoms with Gasteiger partial charge in [0.2, 0.25) is 0 Å². The summed E-state index contributed by atoms with van der Waals surface area (Å²) < 4.78 is 6.14. The highest BCUT2D eigenvalue weighted by Crippen LogP contribution is 2.50. The molecule has 3 fully saturated rings. The molecule has 1 aliphatic heterocycles. The van der Waals surface area contributed by atoms with E-state index in [1.807, 2.05) is 36.4 Å². The summed E-state index contributed by atoms with van der Waals surface area (Å²) in [6.07, 6.45) is 9.28. The van der Waals surface area contributed by atoms with Crippen LogP contribution in [0.2, 0.25) is 0 Å². The molecule has 2 aliphatic carbocycles. The van der Waals surface area contributed by atoms with Crippen molar-refractivity contribution < 1.29 is 9.53 Å². The summed E-state index contributed by atoms with van der Waals surface area (Å²) in [5.74, 6) is 2.15. The van der Waals surface area contributed by atoms with Crippen molar-refractivity contribution >= 4 is 17.1 Å². The number of nitrogens with zero attached hydrogens (tertiary/aromatic N) is 2. The lowest BCUT2D eigenvalue weighted by Gasteiger charge is -2.36. The van der Waals surface area contributed by atoms with Crippen LogP contribution < -0.4 is 10.1 Å². The van der Waals surface area contributed by atoms with Crippen molar-refractivity contribution in [3.8, 4) is 5.75 Å². The third-order valence-electron chi connectivity index (χ3n) is 7.76. The topological polar surface area (TPSA) is 70.2 Å². The number of hydrogen-bond donors (Lipinski definition) is 2. The zero-order valence-electron chi connectivity index (χ0n) is 19.0. The Hall–Kier alpha value is -3.02.